The van der Waals surface area contributed by atoms with Crippen LogP contribution >= 0.6 is 0 Å². The number of amides is 2. The molecule has 0 spiro atoms. The number of nitrogens with one attached hydrogen (secondary N) is 1. The fourth-order valence-electron chi connectivity index (χ4n) is 2.71. The molecule has 0 aromatic carbocycles. The van der Waals surface area contributed by atoms with Crippen molar-refractivity contribution in [1.82, 2.24) is 10.2 Å². The van der Waals surface area contributed by atoms with Gasteiger partial charge in [0.1, 0.15) is 6.10 Å². The second-order valence-corrected chi connectivity index (χ2v) is 6.86. The van der Waals surface area contributed by atoms with Crippen LogP contribution in [0, 0.1) is 5.92 Å². The van der Waals surface area contributed by atoms with Crippen LogP contribution in [0.15, 0.2) is 0 Å². The molecule has 2 heterocycles. The van der Waals surface area contributed by atoms with Gasteiger partial charge in [0.05, 0.1) is 6.54 Å². The molecule has 2 saturated heterocycles. The Morgan fingerprint density at radius 2 is 1.86 bits per heavy atom. The number of nitrogens with zero attached hydrogens (tertiary/aromatic N) is 1. The molecule has 0 radical (unpaired) electrons. The summed E-state index contributed by atoms with van der Waals surface area (Å²) in [4.78, 5) is 25.9. The lowest BCUT2D eigenvalue weighted by atomic mass is 9.99. The monoisotopic (exact) mass is 298 g/mol. The van der Waals surface area contributed by atoms with Gasteiger partial charge >= 0.3 is 6.09 Å². The van der Waals surface area contributed by atoms with Crippen LogP contribution in [0.3, 0.4) is 0 Å². The lowest BCUT2D eigenvalue weighted by molar-refractivity contribution is -0.137. The molecule has 2 aliphatic rings. The number of alkyl carbamates (subject to hydrolysis) is 1. The van der Waals surface area contributed by atoms with Gasteiger partial charge in [0, 0.05) is 37.6 Å². The summed E-state index contributed by atoms with van der Waals surface area (Å²) >= 11 is 0. The Morgan fingerprint density at radius 3 is 2.48 bits per heavy atom. The van der Waals surface area contributed by atoms with Crippen molar-refractivity contribution in [2.75, 3.05) is 26.3 Å². The van der Waals surface area contributed by atoms with Crippen LogP contribution in [0.2, 0.25) is 0 Å². The predicted molar refractivity (Wildman–Crippen MR) is 77.9 cm³/mol. The Kier molecular flexibility index (Phi) is 5.08. The molecule has 0 aliphatic carbocycles. The van der Waals surface area contributed by atoms with Crippen LogP contribution in [0.1, 0.15) is 40.0 Å². The first-order chi connectivity index (χ1) is 9.85. The molecule has 0 bridgehead atoms. The summed E-state index contributed by atoms with van der Waals surface area (Å²) in [7, 11) is 0. The molecule has 0 aromatic heterocycles. The van der Waals surface area contributed by atoms with E-state index in [1.165, 1.54) is 0 Å². The third-order valence-electron chi connectivity index (χ3n) is 3.78. The van der Waals surface area contributed by atoms with Gasteiger partial charge in [0.2, 0.25) is 5.91 Å². The van der Waals surface area contributed by atoms with Crippen LogP contribution in [-0.4, -0.2) is 54.8 Å². The zero-order valence-electron chi connectivity index (χ0n) is 13.2. The quantitative estimate of drug-likeness (QED) is 0.839. The highest BCUT2D eigenvalue weighted by Gasteiger charge is 2.33. The maximum atomic E-state index is 12.4. The minimum atomic E-state index is -0.409. The van der Waals surface area contributed by atoms with E-state index in [1.54, 1.807) is 0 Å². The second kappa shape index (κ2) is 6.64. The van der Waals surface area contributed by atoms with Crippen LogP contribution in [0.25, 0.3) is 0 Å². The minimum absolute atomic E-state index is 0.0703. The van der Waals surface area contributed by atoms with Gasteiger partial charge in [0.15, 0.2) is 0 Å². The molecule has 6 heteroatoms. The van der Waals surface area contributed by atoms with E-state index in [0.29, 0.717) is 32.7 Å². The SMILES string of the molecule is CC(C)(C)NC(=O)OC1CCN(C(=O)C2CCOCC2)C1. The summed E-state index contributed by atoms with van der Waals surface area (Å²) in [5.41, 5.74) is -0.312. The number of likely N-dealkylation sites (tertiary alicyclic amines) is 1. The Labute approximate surface area is 126 Å². The molecule has 2 fully saturated rings. The van der Waals surface area contributed by atoms with Gasteiger partial charge in [-0.05, 0) is 33.6 Å². The van der Waals surface area contributed by atoms with Crippen LogP contribution < -0.4 is 5.32 Å². The number of carbonyl (C=O) groups excluding carboxylic acids is 2. The summed E-state index contributed by atoms with van der Waals surface area (Å²) < 4.78 is 10.7. The van der Waals surface area contributed by atoms with Gasteiger partial charge in [-0.3, -0.25) is 4.79 Å². The Hall–Kier alpha value is -1.30. The van der Waals surface area contributed by atoms with E-state index in [0.717, 1.165) is 12.8 Å². The van der Waals surface area contributed by atoms with Crippen LogP contribution in [0.4, 0.5) is 4.79 Å². The van der Waals surface area contributed by atoms with Crippen molar-refractivity contribution in [2.24, 2.45) is 5.92 Å². The molecule has 1 unspecified atom stereocenters. The first-order valence-corrected chi connectivity index (χ1v) is 7.70. The molecule has 2 aliphatic heterocycles. The smallest absolute Gasteiger partial charge is 0.407 e. The van der Waals surface area contributed by atoms with Crippen molar-refractivity contribution < 1.29 is 19.1 Å². The van der Waals surface area contributed by atoms with Gasteiger partial charge in [0.25, 0.3) is 0 Å². The Balaban J connectivity index is 1.77. The lowest BCUT2D eigenvalue weighted by Crippen LogP contribution is -2.43. The molecular formula is C15H26N2O4. The lowest BCUT2D eigenvalue weighted by Gasteiger charge is -2.26. The van der Waals surface area contributed by atoms with E-state index >= 15 is 0 Å². The number of hydrogen-bond acceptors (Lipinski definition) is 4. The molecule has 2 amide bonds. The van der Waals surface area contributed by atoms with Crippen molar-refractivity contribution in [1.29, 1.82) is 0 Å². The van der Waals surface area contributed by atoms with Crippen molar-refractivity contribution >= 4 is 12.0 Å². The molecule has 1 atom stereocenters. The van der Waals surface area contributed by atoms with Crippen molar-refractivity contribution in [3.05, 3.63) is 0 Å². The summed E-state index contributed by atoms with van der Waals surface area (Å²) in [6.45, 7) is 8.23. The fraction of sp³-hybridized carbons (Fsp3) is 0.867. The summed E-state index contributed by atoms with van der Waals surface area (Å²) in [5, 5.41) is 2.77. The average molecular weight is 298 g/mol. The van der Waals surface area contributed by atoms with Gasteiger partial charge in [-0.15, -0.1) is 0 Å². The molecule has 6 nitrogen and oxygen atoms in total. The molecule has 2 rings (SSSR count). The van der Waals surface area contributed by atoms with Crippen molar-refractivity contribution in [2.45, 2.75) is 51.7 Å². The molecule has 0 aromatic rings. The van der Waals surface area contributed by atoms with Gasteiger partial charge < -0.3 is 19.7 Å². The third kappa shape index (κ3) is 4.88. The fourth-order valence-corrected chi connectivity index (χ4v) is 2.71. The van der Waals surface area contributed by atoms with Gasteiger partial charge in [-0.2, -0.15) is 0 Å². The third-order valence-corrected chi connectivity index (χ3v) is 3.78. The van der Waals surface area contributed by atoms with Crippen LogP contribution in [-0.2, 0) is 14.3 Å². The normalized spacial score (nSPS) is 24.0. The zero-order valence-corrected chi connectivity index (χ0v) is 13.2. The molecule has 0 saturated carbocycles. The molecular weight excluding hydrogens is 272 g/mol. The van der Waals surface area contributed by atoms with E-state index in [4.69, 9.17) is 9.47 Å². The maximum Gasteiger partial charge on any atom is 0.407 e. The predicted octanol–water partition coefficient (Wildman–Crippen LogP) is 1.54. The summed E-state index contributed by atoms with van der Waals surface area (Å²) in [5.74, 6) is 0.251. The number of hydrogen-bond donors (Lipinski definition) is 1. The highest BCUT2D eigenvalue weighted by atomic mass is 16.6. The number of carbonyl (C=O) groups is 2. The maximum absolute atomic E-state index is 12.4. The summed E-state index contributed by atoms with van der Waals surface area (Å²) in [6, 6.07) is 0. The van der Waals surface area contributed by atoms with Crippen molar-refractivity contribution in [3.63, 3.8) is 0 Å². The highest BCUT2D eigenvalue weighted by Crippen LogP contribution is 2.21. The van der Waals surface area contributed by atoms with E-state index in [9.17, 15) is 9.59 Å². The standard InChI is InChI=1S/C15H26N2O4/c1-15(2,3)16-14(19)21-12-4-7-17(10-12)13(18)11-5-8-20-9-6-11/h11-12H,4-10H2,1-3H3,(H,16,19). The molecule has 21 heavy (non-hydrogen) atoms. The van der Waals surface area contributed by atoms with Gasteiger partial charge in [-0.1, -0.05) is 0 Å². The largest absolute Gasteiger partial charge is 0.444 e. The topological polar surface area (TPSA) is 67.9 Å². The number of ether oxygens (including phenoxy) is 2. The molecule has 1 N–H and O–H groups in total. The summed E-state index contributed by atoms with van der Waals surface area (Å²) in [6.07, 6.45) is 1.70. The zero-order chi connectivity index (χ0) is 15.5. The Morgan fingerprint density at radius 1 is 1.19 bits per heavy atom. The number of rotatable bonds is 2. The minimum Gasteiger partial charge on any atom is -0.444 e. The van der Waals surface area contributed by atoms with Crippen molar-refractivity contribution in [3.8, 4) is 0 Å². The first kappa shape index (κ1) is 16.1. The highest BCUT2D eigenvalue weighted by molar-refractivity contribution is 5.79. The van der Waals surface area contributed by atoms with E-state index < -0.39 is 6.09 Å². The Bertz CT molecular complexity index is 386. The van der Waals surface area contributed by atoms with Gasteiger partial charge in [-0.25, -0.2) is 4.79 Å². The van der Waals surface area contributed by atoms with E-state index in [1.807, 2.05) is 25.7 Å². The molecule has 120 valence electrons. The average Bonchev–Trinajstić information content (AvgIpc) is 2.85. The second-order valence-electron chi connectivity index (χ2n) is 6.86. The van der Waals surface area contributed by atoms with E-state index in [2.05, 4.69) is 5.32 Å². The first-order valence-electron chi connectivity index (χ1n) is 7.70. The van der Waals surface area contributed by atoms with E-state index in [-0.39, 0.29) is 23.5 Å². The van der Waals surface area contributed by atoms with Crippen LogP contribution in [0.5, 0.6) is 0 Å².